The lowest BCUT2D eigenvalue weighted by Crippen LogP contribution is -2.03. The molecule has 0 aromatic heterocycles. The van der Waals surface area contributed by atoms with Gasteiger partial charge in [0.2, 0.25) is 0 Å². The third-order valence-corrected chi connectivity index (χ3v) is 3.91. The molecule has 0 radical (unpaired) electrons. The smallest absolute Gasteiger partial charge is 0.124 e. The van der Waals surface area contributed by atoms with Gasteiger partial charge in [0.15, 0.2) is 0 Å². The van der Waals surface area contributed by atoms with E-state index < -0.39 is 5.38 Å². The van der Waals surface area contributed by atoms with Gasteiger partial charge in [-0.2, -0.15) is 0 Å². The molecule has 0 N–H and O–H groups in total. The molecule has 3 heteroatoms. The minimum Gasteiger partial charge on any atom is -0.496 e. The lowest BCUT2D eigenvalue weighted by Gasteiger charge is -2.19. The fourth-order valence-corrected chi connectivity index (χ4v) is 3.16. The van der Waals surface area contributed by atoms with Crippen LogP contribution >= 0.6 is 11.6 Å². The van der Waals surface area contributed by atoms with Crippen LogP contribution in [0.3, 0.4) is 0 Å². The Morgan fingerprint density at radius 2 is 1.65 bits per heavy atom. The van der Waals surface area contributed by atoms with Crippen LogP contribution in [0.1, 0.15) is 33.2 Å². The Bertz CT molecular complexity index is 614. The number of hydrogen-bond acceptors (Lipinski definition) is 1. The molecule has 2 aromatic carbocycles. The van der Waals surface area contributed by atoms with Gasteiger partial charge >= 0.3 is 0 Å². The van der Waals surface area contributed by atoms with Crippen LogP contribution in [0.15, 0.2) is 30.3 Å². The largest absolute Gasteiger partial charge is 0.496 e. The van der Waals surface area contributed by atoms with Crippen molar-refractivity contribution in [2.75, 3.05) is 7.11 Å². The number of hydrogen-bond donors (Lipinski definition) is 0. The number of methoxy groups -OCH3 is 1. The van der Waals surface area contributed by atoms with Gasteiger partial charge in [0.25, 0.3) is 0 Å². The highest BCUT2D eigenvalue weighted by molar-refractivity contribution is 6.23. The second-order valence-electron chi connectivity index (χ2n) is 5.06. The molecule has 0 aliphatic heterocycles. The zero-order valence-corrected chi connectivity index (χ0v) is 12.9. The van der Waals surface area contributed by atoms with Crippen LogP contribution in [-0.2, 0) is 0 Å². The van der Waals surface area contributed by atoms with Crippen molar-refractivity contribution in [2.45, 2.75) is 26.1 Å². The van der Waals surface area contributed by atoms with Crippen LogP contribution in [0.5, 0.6) is 5.75 Å². The van der Waals surface area contributed by atoms with E-state index in [0.717, 1.165) is 16.7 Å². The molecule has 2 aromatic rings. The van der Waals surface area contributed by atoms with Gasteiger partial charge in [0, 0.05) is 5.56 Å². The zero-order chi connectivity index (χ0) is 14.9. The first kappa shape index (κ1) is 14.9. The van der Waals surface area contributed by atoms with Crippen LogP contribution in [-0.4, -0.2) is 7.11 Å². The first-order valence-electron chi connectivity index (χ1n) is 6.49. The van der Waals surface area contributed by atoms with Crippen molar-refractivity contribution in [2.24, 2.45) is 0 Å². The first-order valence-corrected chi connectivity index (χ1v) is 6.93. The lowest BCUT2D eigenvalue weighted by atomic mass is 9.93. The van der Waals surface area contributed by atoms with Crippen molar-refractivity contribution < 1.29 is 9.13 Å². The first-order chi connectivity index (χ1) is 9.43. The molecule has 0 aliphatic carbocycles. The van der Waals surface area contributed by atoms with E-state index in [0.29, 0.717) is 11.3 Å². The summed E-state index contributed by atoms with van der Waals surface area (Å²) in [7, 11) is 1.56. The summed E-state index contributed by atoms with van der Waals surface area (Å²) >= 11 is 6.60. The van der Waals surface area contributed by atoms with Crippen molar-refractivity contribution in [3.05, 3.63) is 64.0 Å². The predicted octanol–water partition coefficient (Wildman–Crippen LogP) is 5.09. The van der Waals surface area contributed by atoms with Crippen molar-refractivity contribution in [1.82, 2.24) is 0 Å². The SMILES string of the molecule is COc1ccc(F)cc1C(Cl)c1c(C)cc(C)cc1C. The number of aryl methyl sites for hydroxylation is 3. The fraction of sp³-hybridized carbons (Fsp3) is 0.294. The summed E-state index contributed by atoms with van der Waals surface area (Å²) in [6.07, 6.45) is 0. The van der Waals surface area contributed by atoms with E-state index >= 15 is 0 Å². The van der Waals surface area contributed by atoms with Crippen LogP contribution in [0, 0.1) is 26.6 Å². The number of halogens is 2. The minimum atomic E-state index is -0.429. The second kappa shape index (κ2) is 5.84. The highest BCUT2D eigenvalue weighted by atomic mass is 35.5. The molecule has 1 unspecified atom stereocenters. The molecule has 1 nitrogen and oxygen atoms in total. The third-order valence-electron chi connectivity index (χ3n) is 3.46. The quantitative estimate of drug-likeness (QED) is 0.716. The number of rotatable bonds is 3. The van der Waals surface area contributed by atoms with E-state index in [9.17, 15) is 4.39 Å². The van der Waals surface area contributed by atoms with Gasteiger partial charge in [-0.1, -0.05) is 17.7 Å². The summed E-state index contributed by atoms with van der Waals surface area (Å²) < 4.78 is 18.8. The Morgan fingerprint density at radius 3 is 2.20 bits per heavy atom. The summed E-state index contributed by atoms with van der Waals surface area (Å²) in [5.41, 5.74) is 5.08. The summed E-state index contributed by atoms with van der Waals surface area (Å²) in [5.74, 6) is 0.291. The molecule has 1 atom stereocenters. The molecule has 2 rings (SSSR count). The molecule has 20 heavy (non-hydrogen) atoms. The normalized spacial score (nSPS) is 12.3. The van der Waals surface area contributed by atoms with Crippen LogP contribution < -0.4 is 4.74 Å². The van der Waals surface area contributed by atoms with E-state index in [1.54, 1.807) is 13.2 Å². The van der Waals surface area contributed by atoms with Gasteiger partial charge in [-0.15, -0.1) is 11.6 Å². The highest BCUT2D eigenvalue weighted by Gasteiger charge is 2.20. The molecular weight excluding hydrogens is 275 g/mol. The molecule has 0 fully saturated rings. The molecule has 0 aliphatic rings. The molecule has 0 heterocycles. The average molecular weight is 293 g/mol. The maximum atomic E-state index is 13.5. The zero-order valence-electron chi connectivity index (χ0n) is 12.1. The van der Waals surface area contributed by atoms with E-state index in [4.69, 9.17) is 16.3 Å². The van der Waals surface area contributed by atoms with Gasteiger partial charge in [-0.3, -0.25) is 0 Å². The maximum absolute atomic E-state index is 13.5. The summed E-state index contributed by atoms with van der Waals surface area (Å²) in [4.78, 5) is 0. The predicted molar refractivity (Wildman–Crippen MR) is 81.3 cm³/mol. The second-order valence-corrected chi connectivity index (χ2v) is 5.50. The summed E-state index contributed by atoms with van der Waals surface area (Å²) in [6.45, 7) is 6.10. The topological polar surface area (TPSA) is 9.23 Å². The molecule has 0 spiro atoms. The molecule has 0 saturated carbocycles. The van der Waals surface area contributed by atoms with E-state index in [-0.39, 0.29) is 5.82 Å². The van der Waals surface area contributed by atoms with Crippen LogP contribution in [0.25, 0.3) is 0 Å². The molecule has 0 saturated heterocycles. The van der Waals surface area contributed by atoms with Crippen molar-refractivity contribution >= 4 is 11.6 Å². The summed E-state index contributed by atoms with van der Waals surface area (Å²) in [5, 5.41) is -0.429. The van der Waals surface area contributed by atoms with E-state index in [1.807, 2.05) is 13.8 Å². The molecule has 0 amide bonds. The van der Waals surface area contributed by atoms with Crippen LogP contribution in [0.4, 0.5) is 4.39 Å². The molecule has 106 valence electrons. The van der Waals surface area contributed by atoms with Crippen molar-refractivity contribution in [1.29, 1.82) is 0 Å². The molecular formula is C17H18ClFO. The Hall–Kier alpha value is -1.54. The molecule has 0 bridgehead atoms. The van der Waals surface area contributed by atoms with E-state index in [2.05, 4.69) is 19.1 Å². The third kappa shape index (κ3) is 2.80. The standard InChI is InChI=1S/C17H18ClFO/c1-10-7-11(2)16(12(3)8-10)17(18)14-9-13(19)5-6-15(14)20-4/h5-9,17H,1-4H3. The lowest BCUT2D eigenvalue weighted by molar-refractivity contribution is 0.408. The monoisotopic (exact) mass is 292 g/mol. The van der Waals surface area contributed by atoms with Gasteiger partial charge in [0.1, 0.15) is 11.6 Å². The maximum Gasteiger partial charge on any atom is 0.124 e. The Balaban J connectivity index is 2.57. The number of benzene rings is 2. The Kier molecular flexibility index (Phi) is 4.34. The van der Waals surface area contributed by atoms with Crippen molar-refractivity contribution in [3.8, 4) is 5.75 Å². The Morgan fingerprint density at radius 1 is 1.05 bits per heavy atom. The van der Waals surface area contributed by atoms with Gasteiger partial charge in [-0.05, 0) is 55.7 Å². The van der Waals surface area contributed by atoms with Gasteiger partial charge in [0.05, 0.1) is 12.5 Å². The van der Waals surface area contributed by atoms with E-state index in [1.165, 1.54) is 17.7 Å². The fourth-order valence-electron chi connectivity index (χ4n) is 2.65. The number of alkyl halides is 1. The Labute approximate surface area is 124 Å². The highest BCUT2D eigenvalue weighted by Crippen LogP contribution is 2.38. The summed E-state index contributed by atoms with van der Waals surface area (Å²) in [6, 6.07) is 8.60. The van der Waals surface area contributed by atoms with Crippen molar-refractivity contribution in [3.63, 3.8) is 0 Å². The van der Waals surface area contributed by atoms with Crippen LogP contribution in [0.2, 0.25) is 0 Å². The minimum absolute atomic E-state index is 0.311. The average Bonchev–Trinajstić information content (AvgIpc) is 2.37. The van der Waals surface area contributed by atoms with Gasteiger partial charge < -0.3 is 4.74 Å². The number of ether oxygens (including phenoxy) is 1. The van der Waals surface area contributed by atoms with Gasteiger partial charge in [-0.25, -0.2) is 4.39 Å².